The number of nitrogens with zero attached hydrogens (tertiary/aromatic N) is 1. The lowest BCUT2D eigenvalue weighted by Crippen LogP contribution is -2.43. The molecule has 3 rings (SSSR count). The summed E-state index contributed by atoms with van der Waals surface area (Å²) in [6, 6.07) is 14.0. The van der Waals surface area contributed by atoms with Crippen molar-refractivity contribution in [3.8, 4) is 5.75 Å². The Morgan fingerprint density at radius 3 is 2.57 bits per heavy atom. The van der Waals surface area contributed by atoms with E-state index in [1.807, 2.05) is 42.2 Å². The highest BCUT2D eigenvalue weighted by atomic mass is 16.5. The van der Waals surface area contributed by atoms with Gasteiger partial charge in [0.15, 0.2) is 6.10 Å². The summed E-state index contributed by atoms with van der Waals surface area (Å²) in [5, 5.41) is 2.19. The van der Waals surface area contributed by atoms with Crippen molar-refractivity contribution in [3.63, 3.8) is 0 Å². The Labute approximate surface area is 125 Å². The van der Waals surface area contributed by atoms with Gasteiger partial charge in [-0.3, -0.25) is 4.79 Å². The molecule has 2 aromatic rings. The molecule has 0 aliphatic carbocycles. The molecule has 1 amide bonds. The van der Waals surface area contributed by atoms with Gasteiger partial charge in [-0.05, 0) is 37.6 Å². The third kappa shape index (κ3) is 3.02. The molecular formula is C18H21NO2. The van der Waals surface area contributed by atoms with Crippen LogP contribution in [0, 0.1) is 0 Å². The van der Waals surface area contributed by atoms with E-state index in [9.17, 15) is 4.79 Å². The summed E-state index contributed by atoms with van der Waals surface area (Å²) in [6.07, 6.45) is 3.00. The van der Waals surface area contributed by atoms with Gasteiger partial charge in [-0.25, -0.2) is 0 Å². The molecule has 0 bridgehead atoms. The lowest BCUT2D eigenvalue weighted by molar-refractivity contribution is -0.138. The van der Waals surface area contributed by atoms with E-state index in [0.717, 1.165) is 42.5 Å². The molecule has 110 valence electrons. The van der Waals surface area contributed by atoms with Crippen molar-refractivity contribution < 1.29 is 9.53 Å². The number of amides is 1. The summed E-state index contributed by atoms with van der Waals surface area (Å²) in [5.74, 6) is 0.883. The van der Waals surface area contributed by atoms with Gasteiger partial charge in [0.2, 0.25) is 0 Å². The van der Waals surface area contributed by atoms with E-state index in [0.29, 0.717) is 0 Å². The number of piperidine rings is 1. The minimum atomic E-state index is -0.436. The van der Waals surface area contributed by atoms with E-state index in [2.05, 4.69) is 12.1 Å². The van der Waals surface area contributed by atoms with Gasteiger partial charge >= 0.3 is 0 Å². The number of carbonyl (C=O) groups is 1. The van der Waals surface area contributed by atoms with Crippen LogP contribution in [0.4, 0.5) is 0 Å². The van der Waals surface area contributed by atoms with Crippen molar-refractivity contribution in [2.75, 3.05) is 13.1 Å². The van der Waals surface area contributed by atoms with Gasteiger partial charge < -0.3 is 9.64 Å². The zero-order chi connectivity index (χ0) is 14.7. The molecular weight excluding hydrogens is 262 g/mol. The van der Waals surface area contributed by atoms with Crippen molar-refractivity contribution >= 4 is 16.7 Å². The monoisotopic (exact) mass is 283 g/mol. The molecule has 1 aliphatic rings. The fraction of sp³-hybridized carbons (Fsp3) is 0.389. The molecule has 0 N–H and O–H groups in total. The quantitative estimate of drug-likeness (QED) is 0.861. The Kier molecular flexibility index (Phi) is 4.09. The molecule has 21 heavy (non-hydrogen) atoms. The van der Waals surface area contributed by atoms with E-state index in [4.69, 9.17) is 4.74 Å². The highest BCUT2D eigenvalue weighted by Crippen LogP contribution is 2.26. The van der Waals surface area contributed by atoms with Gasteiger partial charge in [-0.2, -0.15) is 0 Å². The Morgan fingerprint density at radius 1 is 1.05 bits per heavy atom. The third-order valence-corrected chi connectivity index (χ3v) is 4.07. The van der Waals surface area contributed by atoms with E-state index in [1.165, 1.54) is 6.42 Å². The summed E-state index contributed by atoms with van der Waals surface area (Å²) >= 11 is 0. The first-order valence-corrected chi connectivity index (χ1v) is 7.69. The number of benzene rings is 2. The number of carbonyl (C=O) groups excluding carboxylic acids is 1. The third-order valence-electron chi connectivity index (χ3n) is 4.07. The van der Waals surface area contributed by atoms with Crippen LogP contribution < -0.4 is 4.74 Å². The average molecular weight is 283 g/mol. The van der Waals surface area contributed by atoms with Crippen LogP contribution in [-0.2, 0) is 4.79 Å². The second-order valence-electron chi connectivity index (χ2n) is 5.62. The molecule has 0 spiro atoms. The van der Waals surface area contributed by atoms with Gasteiger partial charge in [0.1, 0.15) is 5.75 Å². The van der Waals surface area contributed by atoms with Gasteiger partial charge in [-0.1, -0.05) is 36.4 Å². The standard InChI is InChI=1S/C18H21NO2/c1-14(18(20)19-12-5-2-6-13-19)21-17-11-7-9-15-8-3-4-10-16(15)17/h3-4,7-11,14H,2,5-6,12-13H2,1H3. The lowest BCUT2D eigenvalue weighted by Gasteiger charge is -2.29. The van der Waals surface area contributed by atoms with E-state index in [-0.39, 0.29) is 5.91 Å². The Morgan fingerprint density at radius 2 is 1.76 bits per heavy atom. The summed E-state index contributed by atoms with van der Waals surface area (Å²) < 4.78 is 5.95. The smallest absolute Gasteiger partial charge is 0.263 e. The number of hydrogen-bond acceptors (Lipinski definition) is 2. The second kappa shape index (κ2) is 6.17. The summed E-state index contributed by atoms with van der Waals surface area (Å²) in [7, 11) is 0. The SMILES string of the molecule is CC(Oc1cccc2ccccc12)C(=O)N1CCCCC1. The largest absolute Gasteiger partial charge is 0.480 e. The fourth-order valence-electron chi connectivity index (χ4n) is 2.91. The lowest BCUT2D eigenvalue weighted by atomic mass is 10.1. The number of rotatable bonds is 3. The maximum absolute atomic E-state index is 12.4. The van der Waals surface area contributed by atoms with Crippen LogP contribution in [0.25, 0.3) is 10.8 Å². The molecule has 1 saturated heterocycles. The van der Waals surface area contributed by atoms with Crippen molar-refractivity contribution in [2.45, 2.75) is 32.3 Å². The highest BCUT2D eigenvalue weighted by molar-refractivity contribution is 5.89. The first kappa shape index (κ1) is 13.9. The van der Waals surface area contributed by atoms with Crippen molar-refractivity contribution in [2.24, 2.45) is 0 Å². The van der Waals surface area contributed by atoms with Gasteiger partial charge in [-0.15, -0.1) is 0 Å². The van der Waals surface area contributed by atoms with E-state index < -0.39 is 6.10 Å². The first-order chi connectivity index (χ1) is 10.3. The van der Waals surface area contributed by atoms with Crippen molar-refractivity contribution in [3.05, 3.63) is 42.5 Å². The number of hydrogen-bond donors (Lipinski definition) is 0. The zero-order valence-corrected chi connectivity index (χ0v) is 12.4. The predicted octanol–water partition coefficient (Wildman–Crippen LogP) is 3.62. The van der Waals surface area contributed by atoms with Crippen molar-refractivity contribution in [1.29, 1.82) is 0 Å². The van der Waals surface area contributed by atoms with Crippen LogP contribution in [0.3, 0.4) is 0 Å². The number of ether oxygens (including phenoxy) is 1. The van der Waals surface area contributed by atoms with Gasteiger partial charge in [0, 0.05) is 18.5 Å². The Bertz CT molecular complexity index is 627. The summed E-state index contributed by atoms with van der Waals surface area (Å²) in [5.41, 5.74) is 0. The maximum Gasteiger partial charge on any atom is 0.263 e. The minimum absolute atomic E-state index is 0.0997. The molecule has 2 aromatic carbocycles. The summed E-state index contributed by atoms with van der Waals surface area (Å²) in [4.78, 5) is 14.4. The molecule has 1 heterocycles. The van der Waals surface area contributed by atoms with Crippen LogP contribution >= 0.6 is 0 Å². The zero-order valence-electron chi connectivity index (χ0n) is 12.4. The Balaban J connectivity index is 1.76. The molecule has 1 unspecified atom stereocenters. The number of fused-ring (bicyclic) bond motifs is 1. The first-order valence-electron chi connectivity index (χ1n) is 7.69. The van der Waals surface area contributed by atoms with Crippen LogP contribution in [0.2, 0.25) is 0 Å². The number of likely N-dealkylation sites (tertiary alicyclic amines) is 1. The van der Waals surface area contributed by atoms with Crippen LogP contribution in [0.1, 0.15) is 26.2 Å². The molecule has 0 radical (unpaired) electrons. The fourth-order valence-corrected chi connectivity index (χ4v) is 2.91. The van der Waals surface area contributed by atoms with Crippen LogP contribution in [0.5, 0.6) is 5.75 Å². The molecule has 1 fully saturated rings. The maximum atomic E-state index is 12.4. The normalized spacial score (nSPS) is 16.7. The average Bonchev–Trinajstić information content (AvgIpc) is 2.55. The molecule has 0 aromatic heterocycles. The molecule has 1 atom stereocenters. The van der Waals surface area contributed by atoms with Crippen LogP contribution in [-0.4, -0.2) is 30.0 Å². The van der Waals surface area contributed by atoms with Crippen molar-refractivity contribution in [1.82, 2.24) is 4.90 Å². The molecule has 1 aliphatic heterocycles. The topological polar surface area (TPSA) is 29.5 Å². The molecule has 3 heteroatoms. The minimum Gasteiger partial charge on any atom is -0.480 e. The second-order valence-corrected chi connectivity index (χ2v) is 5.62. The van der Waals surface area contributed by atoms with E-state index in [1.54, 1.807) is 0 Å². The van der Waals surface area contributed by atoms with E-state index >= 15 is 0 Å². The molecule has 0 saturated carbocycles. The van der Waals surface area contributed by atoms with Gasteiger partial charge in [0.05, 0.1) is 0 Å². The van der Waals surface area contributed by atoms with Crippen LogP contribution in [0.15, 0.2) is 42.5 Å². The molecule has 3 nitrogen and oxygen atoms in total. The predicted molar refractivity (Wildman–Crippen MR) is 84.5 cm³/mol. The summed E-state index contributed by atoms with van der Waals surface area (Å²) in [6.45, 7) is 3.57. The Hall–Kier alpha value is -2.03. The van der Waals surface area contributed by atoms with Gasteiger partial charge in [0.25, 0.3) is 5.91 Å². The highest BCUT2D eigenvalue weighted by Gasteiger charge is 2.23.